The minimum Gasteiger partial charge on any atom is -0.330 e. The van der Waals surface area contributed by atoms with Crippen molar-refractivity contribution in [3.8, 4) is 0 Å². The molecule has 18 heavy (non-hydrogen) atoms. The van der Waals surface area contributed by atoms with Crippen LogP contribution < -0.4 is 5.73 Å². The molecule has 2 aromatic carbocycles. The van der Waals surface area contributed by atoms with Crippen molar-refractivity contribution in [1.82, 2.24) is 0 Å². The van der Waals surface area contributed by atoms with Crippen molar-refractivity contribution in [1.29, 1.82) is 0 Å². The van der Waals surface area contributed by atoms with E-state index >= 15 is 0 Å². The average molecular weight is 308 g/mol. The van der Waals surface area contributed by atoms with Crippen LogP contribution in [0.2, 0.25) is 0 Å². The van der Waals surface area contributed by atoms with E-state index in [2.05, 4.69) is 22.0 Å². The molecule has 0 fully saturated rings. The maximum atomic E-state index is 12.9. The van der Waals surface area contributed by atoms with E-state index in [1.807, 2.05) is 30.3 Å². The highest BCUT2D eigenvalue weighted by molar-refractivity contribution is 9.10. The van der Waals surface area contributed by atoms with E-state index in [9.17, 15) is 4.39 Å². The van der Waals surface area contributed by atoms with E-state index in [-0.39, 0.29) is 11.7 Å². The lowest BCUT2D eigenvalue weighted by Gasteiger charge is -2.16. The van der Waals surface area contributed by atoms with Gasteiger partial charge >= 0.3 is 0 Å². The fourth-order valence-electron chi connectivity index (χ4n) is 2.00. The van der Waals surface area contributed by atoms with E-state index < -0.39 is 0 Å². The number of hydrogen-bond donors (Lipinski definition) is 1. The number of hydrogen-bond acceptors (Lipinski definition) is 1. The standard InChI is InChI=1S/C15H15BrFN/c16-15-4-2-1-3-12(15)9-13(10-18)11-5-7-14(17)8-6-11/h1-8,13H,9-10,18H2. The summed E-state index contributed by atoms with van der Waals surface area (Å²) in [6, 6.07) is 14.7. The van der Waals surface area contributed by atoms with Gasteiger partial charge in [-0.2, -0.15) is 0 Å². The largest absolute Gasteiger partial charge is 0.330 e. The van der Waals surface area contributed by atoms with Crippen LogP contribution in [0.4, 0.5) is 4.39 Å². The number of nitrogens with two attached hydrogens (primary N) is 1. The normalized spacial score (nSPS) is 12.4. The summed E-state index contributed by atoms with van der Waals surface area (Å²) in [6.07, 6.45) is 0.851. The molecule has 0 spiro atoms. The molecule has 0 radical (unpaired) electrons. The van der Waals surface area contributed by atoms with Gasteiger partial charge in [0.15, 0.2) is 0 Å². The summed E-state index contributed by atoms with van der Waals surface area (Å²) >= 11 is 3.54. The van der Waals surface area contributed by atoms with Crippen LogP contribution in [0.3, 0.4) is 0 Å². The maximum Gasteiger partial charge on any atom is 0.123 e. The van der Waals surface area contributed by atoms with Gasteiger partial charge < -0.3 is 5.73 Å². The molecule has 94 valence electrons. The van der Waals surface area contributed by atoms with Crippen molar-refractivity contribution in [2.24, 2.45) is 5.73 Å². The van der Waals surface area contributed by atoms with Gasteiger partial charge in [0.05, 0.1) is 0 Å². The first-order valence-corrected chi connectivity index (χ1v) is 6.69. The van der Waals surface area contributed by atoms with Gasteiger partial charge in [0.1, 0.15) is 5.82 Å². The molecule has 1 unspecified atom stereocenters. The molecule has 2 rings (SSSR count). The van der Waals surface area contributed by atoms with E-state index in [1.165, 1.54) is 17.7 Å². The average Bonchev–Trinajstić information content (AvgIpc) is 2.39. The van der Waals surface area contributed by atoms with Crippen molar-refractivity contribution in [2.45, 2.75) is 12.3 Å². The van der Waals surface area contributed by atoms with E-state index in [0.717, 1.165) is 16.5 Å². The van der Waals surface area contributed by atoms with Gasteiger partial charge in [0.2, 0.25) is 0 Å². The zero-order valence-corrected chi connectivity index (χ0v) is 11.5. The summed E-state index contributed by atoms with van der Waals surface area (Å²) in [5, 5.41) is 0. The molecule has 0 aromatic heterocycles. The monoisotopic (exact) mass is 307 g/mol. The topological polar surface area (TPSA) is 26.0 Å². The van der Waals surface area contributed by atoms with E-state index in [0.29, 0.717) is 6.54 Å². The van der Waals surface area contributed by atoms with Crippen LogP contribution in [0.15, 0.2) is 53.0 Å². The molecular weight excluding hydrogens is 293 g/mol. The van der Waals surface area contributed by atoms with Gasteiger partial charge in [-0.3, -0.25) is 0 Å². The molecule has 0 aliphatic carbocycles. The minimum absolute atomic E-state index is 0.212. The smallest absolute Gasteiger partial charge is 0.123 e. The lowest BCUT2D eigenvalue weighted by molar-refractivity contribution is 0.623. The summed E-state index contributed by atoms with van der Waals surface area (Å²) in [4.78, 5) is 0. The Labute approximate surface area is 115 Å². The second-order valence-electron chi connectivity index (χ2n) is 4.28. The van der Waals surface area contributed by atoms with Crippen LogP contribution in [-0.4, -0.2) is 6.54 Å². The Hall–Kier alpha value is -1.19. The first-order chi connectivity index (χ1) is 8.70. The lowest BCUT2D eigenvalue weighted by atomic mass is 9.92. The summed E-state index contributed by atoms with van der Waals surface area (Å²) in [5.74, 6) is -0.000266. The molecule has 0 saturated carbocycles. The van der Waals surface area contributed by atoms with Crippen LogP contribution in [0.1, 0.15) is 17.0 Å². The van der Waals surface area contributed by atoms with Crippen LogP contribution in [-0.2, 0) is 6.42 Å². The second kappa shape index (κ2) is 6.12. The Balaban J connectivity index is 2.20. The quantitative estimate of drug-likeness (QED) is 0.911. The first kappa shape index (κ1) is 13.2. The minimum atomic E-state index is -0.213. The highest BCUT2D eigenvalue weighted by Gasteiger charge is 2.12. The van der Waals surface area contributed by atoms with Crippen LogP contribution in [0.5, 0.6) is 0 Å². The summed E-state index contributed by atoms with van der Waals surface area (Å²) in [7, 11) is 0. The maximum absolute atomic E-state index is 12.9. The highest BCUT2D eigenvalue weighted by atomic mass is 79.9. The Morgan fingerprint density at radius 1 is 1.06 bits per heavy atom. The Morgan fingerprint density at radius 3 is 2.33 bits per heavy atom. The molecule has 0 aliphatic heterocycles. The second-order valence-corrected chi connectivity index (χ2v) is 5.13. The fourth-order valence-corrected chi connectivity index (χ4v) is 2.45. The third-order valence-electron chi connectivity index (χ3n) is 3.05. The van der Waals surface area contributed by atoms with Gasteiger partial charge in [-0.25, -0.2) is 4.39 Å². The highest BCUT2D eigenvalue weighted by Crippen LogP contribution is 2.24. The van der Waals surface area contributed by atoms with Crippen LogP contribution in [0.25, 0.3) is 0 Å². The van der Waals surface area contributed by atoms with E-state index in [1.54, 1.807) is 0 Å². The Kier molecular flexibility index (Phi) is 4.50. The van der Waals surface area contributed by atoms with Gasteiger partial charge in [0, 0.05) is 10.4 Å². The van der Waals surface area contributed by atoms with Crippen LogP contribution >= 0.6 is 15.9 Å². The molecule has 0 aliphatic rings. The molecule has 0 amide bonds. The molecule has 3 heteroatoms. The molecule has 0 heterocycles. The van der Waals surface area contributed by atoms with Gasteiger partial charge in [-0.05, 0) is 42.3 Å². The zero-order valence-electron chi connectivity index (χ0n) is 9.94. The fraction of sp³-hybridized carbons (Fsp3) is 0.200. The summed E-state index contributed by atoms with van der Waals surface area (Å²) in [6.45, 7) is 0.549. The predicted molar refractivity (Wildman–Crippen MR) is 76.0 cm³/mol. The number of halogens is 2. The van der Waals surface area contributed by atoms with Crippen molar-refractivity contribution >= 4 is 15.9 Å². The third-order valence-corrected chi connectivity index (χ3v) is 3.82. The first-order valence-electron chi connectivity index (χ1n) is 5.89. The Bertz CT molecular complexity index is 510. The zero-order chi connectivity index (χ0) is 13.0. The van der Waals surface area contributed by atoms with Gasteiger partial charge in [-0.15, -0.1) is 0 Å². The van der Waals surface area contributed by atoms with Crippen molar-refractivity contribution in [3.63, 3.8) is 0 Å². The Morgan fingerprint density at radius 2 is 1.72 bits per heavy atom. The molecular formula is C15H15BrFN. The van der Waals surface area contributed by atoms with Crippen molar-refractivity contribution in [2.75, 3.05) is 6.54 Å². The van der Waals surface area contributed by atoms with Crippen molar-refractivity contribution < 1.29 is 4.39 Å². The molecule has 0 saturated heterocycles. The van der Waals surface area contributed by atoms with Crippen molar-refractivity contribution in [3.05, 3.63) is 69.9 Å². The molecule has 2 aromatic rings. The predicted octanol–water partition coefficient (Wildman–Crippen LogP) is 3.87. The lowest BCUT2D eigenvalue weighted by Crippen LogP contribution is -2.15. The van der Waals surface area contributed by atoms with Gasteiger partial charge in [0.25, 0.3) is 0 Å². The number of rotatable bonds is 4. The van der Waals surface area contributed by atoms with Gasteiger partial charge in [-0.1, -0.05) is 46.3 Å². The molecule has 0 bridgehead atoms. The summed E-state index contributed by atoms with van der Waals surface area (Å²) in [5.41, 5.74) is 8.13. The molecule has 2 N–H and O–H groups in total. The molecule has 1 atom stereocenters. The number of benzene rings is 2. The molecule has 1 nitrogen and oxygen atoms in total. The SMILES string of the molecule is NCC(Cc1ccccc1Br)c1ccc(F)cc1. The summed E-state index contributed by atoms with van der Waals surface area (Å²) < 4.78 is 14.0. The van der Waals surface area contributed by atoms with E-state index in [4.69, 9.17) is 5.73 Å². The van der Waals surface area contributed by atoms with Crippen LogP contribution in [0, 0.1) is 5.82 Å². The third kappa shape index (κ3) is 3.18.